The van der Waals surface area contributed by atoms with Crippen molar-refractivity contribution in [3.8, 4) is 0 Å². The second kappa shape index (κ2) is 6.60. The molecule has 1 unspecified atom stereocenters. The summed E-state index contributed by atoms with van der Waals surface area (Å²) in [7, 11) is 2.12. The maximum absolute atomic E-state index is 6.01. The zero-order valence-corrected chi connectivity index (χ0v) is 11.2. The third-order valence-electron chi connectivity index (χ3n) is 2.79. The van der Waals surface area contributed by atoms with Gasteiger partial charge in [-0.2, -0.15) is 0 Å². The highest BCUT2D eigenvalue weighted by atomic mass is 28.4. The number of likely N-dealkylation sites (N-methyl/N-ethyl adjacent to an activating group) is 1. The summed E-state index contributed by atoms with van der Waals surface area (Å²) in [6.45, 7) is 5.88. The molecule has 1 aliphatic heterocycles. The van der Waals surface area contributed by atoms with Crippen molar-refractivity contribution in [1.29, 1.82) is 0 Å². The van der Waals surface area contributed by atoms with Crippen molar-refractivity contribution >= 4 is 8.72 Å². The predicted octanol–water partition coefficient (Wildman–Crippen LogP) is 0.923. The van der Waals surface area contributed by atoms with Crippen LogP contribution in [-0.2, 0) is 8.85 Å². The number of nitrogens with one attached hydrogen (secondary N) is 1. The zero-order valence-electron chi connectivity index (χ0n) is 10.2. The summed E-state index contributed by atoms with van der Waals surface area (Å²) in [5, 5.41) is 3.17. The standard InChI is InChI=1S/C10H24N2O2Si/c1-4-8-13-15(10-5-6-11-2)12(3)7-9-14-15/h11H,4-10H2,1-3H3. The van der Waals surface area contributed by atoms with Gasteiger partial charge in [0.25, 0.3) is 0 Å². The second-order valence-corrected chi connectivity index (χ2v) is 7.30. The van der Waals surface area contributed by atoms with Gasteiger partial charge in [0.2, 0.25) is 0 Å². The fourth-order valence-electron chi connectivity index (χ4n) is 1.86. The number of hydrogen-bond donors (Lipinski definition) is 1. The van der Waals surface area contributed by atoms with Gasteiger partial charge in [-0.25, -0.2) is 0 Å². The first-order chi connectivity index (χ1) is 7.25. The average molecular weight is 232 g/mol. The van der Waals surface area contributed by atoms with Crippen LogP contribution >= 0.6 is 0 Å². The SMILES string of the molecule is CCCO[Si]1(CCCNC)OCCN1C. The highest BCUT2D eigenvalue weighted by Gasteiger charge is 2.46. The Morgan fingerprint density at radius 2 is 2.33 bits per heavy atom. The van der Waals surface area contributed by atoms with Gasteiger partial charge in [-0.1, -0.05) is 6.92 Å². The van der Waals surface area contributed by atoms with Crippen molar-refractivity contribution in [1.82, 2.24) is 9.88 Å². The summed E-state index contributed by atoms with van der Waals surface area (Å²) in [6, 6.07) is 1.07. The summed E-state index contributed by atoms with van der Waals surface area (Å²) in [5.74, 6) is 0. The molecule has 1 rings (SSSR count). The van der Waals surface area contributed by atoms with Gasteiger partial charge in [0, 0.05) is 25.8 Å². The van der Waals surface area contributed by atoms with Gasteiger partial charge in [0.1, 0.15) is 0 Å². The van der Waals surface area contributed by atoms with E-state index in [2.05, 4.69) is 23.9 Å². The first kappa shape index (κ1) is 13.1. The van der Waals surface area contributed by atoms with E-state index in [9.17, 15) is 0 Å². The van der Waals surface area contributed by atoms with E-state index in [0.717, 1.165) is 45.2 Å². The lowest BCUT2D eigenvalue weighted by atomic mass is 10.5. The lowest BCUT2D eigenvalue weighted by Gasteiger charge is -2.30. The summed E-state index contributed by atoms with van der Waals surface area (Å²) in [6.07, 6.45) is 2.20. The predicted molar refractivity (Wildman–Crippen MR) is 63.9 cm³/mol. The van der Waals surface area contributed by atoms with Gasteiger partial charge in [-0.3, -0.25) is 4.57 Å². The van der Waals surface area contributed by atoms with Gasteiger partial charge in [-0.05, 0) is 33.5 Å². The fraction of sp³-hybridized carbons (Fsp3) is 1.00. The largest absolute Gasteiger partial charge is 0.427 e. The quantitative estimate of drug-likeness (QED) is 0.523. The molecule has 0 aromatic carbocycles. The minimum absolute atomic E-state index is 0.829. The van der Waals surface area contributed by atoms with Gasteiger partial charge in [0.05, 0.1) is 0 Å². The molecule has 0 amide bonds. The summed E-state index contributed by atoms with van der Waals surface area (Å²) in [4.78, 5) is 0. The molecule has 0 radical (unpaired) electrons. The number of rotatable bonds is 7. The number of hydrogen-bond acceptors (Lipinski definition) is 4. The molecule has 4 nitrogen and oxygen atoms in total. The highest BCUT2D eigenvalue weighted by Crippen LogP contribution is 2.24. The molecule has 0 aromatic rings. The third kappa shape index (κ3) is 3.53. The van der Waals surface area contributed by atoms with Crippen molar-refractivity contribution in [2.45, 2.75) is 25.8 Å². The lowest BCUT2D eigenvalue weighted by Crippen LogP contribution is -2.51. The first-order valence-corrected chi connectivity index (χ1v) is 7.86. The smallest absolute Gasteiger partial charge is 0.383 e. The summed E-state index contributed by atoms with van der Waals surface area (Å²) in [5.41, 5.74) is 0. The molecule has 1 aliphatic rings. The van der Waals surface area contributed by atoms with Crippen molar-refractivity contribution in [2.24, 2.45) is 0 Å². The molecule has 1 atom stereocenters. The Labute approximate surface area is 94.3 Å². The molecular formula is C10H24N2O2Si. The van der Waals surface area contributed by atoms with Crippen LogP contribution in [0.2, 0.25) is 6.04 Å². The van der Waals surface area contributed by atoms with E-state index < -0.39 is 8.72 Å². The molecule has 0 bridgehead atoms. The molecule has 0 saturated carbocycles. The van der Waals surface area contributed by atoms with Gasteiger partial charge >= 0.3 is 8.72 Å². The Kier molecular flexibility index (Phi) is 5.77. The van der Waals surface area contributed by atoms with Crippen LogP contribution < -0.4 is 5.32 Å². The van der Waals surface area contributed by atoms with E-state index in [1.807, 2.05) is 7.05 Å². The molecule has 0 spiro atoms. The molecule has 1 N–H and O–H groups in total. The Bertz CT molecular complexity index is 183. The normalized spacial score (nSPS) is 27.4. The van der Waals surface area contributed by atoms with E-state index in [1.165, 1.54) is 0 Å². The maximum atomic E-state index is 6.01. The minimum Gasteiger partial charge on any atom is -0.383 e. The maximum Gasteiger partial charge on any atom is 0.427 e. The van der Waals surface area contributed by atoms with Crippen LogP contribution in [0, 0.1) is 0 Å². The topological polar surface area (TPSA) is 33.7 Å². The van der Waals surface area contributed by atoms with Gasteiger partial charge in [-0.15, -0.1) is 0 Å². The van der Waals surface area contributed by atoms with Crippen LogP contribution in [0.3, 0.4) is 0 Å². The highest BCUT2D eigenvalue weighted by molar-refractivity contribution is 6.65. The Hall–Kier alpha value is 0.0569. The average Bonchev–Trinajstić information content (AvgIpc) is 2.59. The molecule has 1 fully saturated rings. The number of nitrogens with zero attached hydrogens (tertiary/aromatic N) is 1. The second-order valence-electron chi connectivity index (χ2n) is 4.04. The first-order valence-electron chi connectivity index (χ1n) is 5.89. The van der Waals surface area contributed by atoms with Crippen LogP contribution in [-0.4, -0.2) is 53.7 Å². The Morgan fingerprint density at radius 3 is 2.87 bits per heavy atom. The molecule has 1 heterocycles. The Morgan fingerprint density at radius 1 is 1.53 bits per heavy atom. The van der Waals surface area contributed by atoms with E-state index in [1.54, 1.807) is 0 Å². The van der Waals surface area contributed by atoms with Gasteiger partial charge in [0.15, 0.2) is 0 Å². The van der Waals surface area contributed by atoms with E-state index >= 15 is 0 Å². The van der Waals surface area contributed by atoms with Crippen molar-refractivity contribution in [3.05, 3.63) is 0 Å². The molecule has 5 heteroatoms. The molecule has 0 aliphatic carbocycles. The third-order valence-corrected chi connectivity index (χ3v) is 6.47. The molecule has 15 heavy (non-hydrogen) atoms. The fourth-order valence-corrected chi connectivity index (χ4v) is 5.04. The van der Waals surface area contributed by atoms with Crippen molar-refractivity contribution < 1.29 is 8.85 Å². The summed E-state index contributed by atoms with van der Waals surface area (Å²) >= 11 is 0. The molecular weight excluding hydrogens is 208 g/mol. The van der Waals surface area contributed by atoms with Crippen LogP contribution in [0.15, 0.2) is 0 Å². The van der Waals surface area contributed by atoms with E-state index in [-0.39, 0.29) is 0 Å². The van der Waals surface area contributed by atoms with Gasteiger partial charge < -0.3 is 14.2 Å². The van der Waals surface area contributed by atoms with Crippen LogP contribution in [0.4, 0.5) is 0 Å². The summed E-state index contributed by atoms with van der Waals surface area (Å²) < 4.78 is 14.2. The van der Waals surface area contributed by atoms with Crippen LogP contribution in [0.5, 0.6) is 0 Å². The lowest BCUT2D eigenvalue weighted by molar-refractivity contribution is 0.176. The molecule has 0 aromatic heterocycles. The minimum atomic E-state index is -2.00. The molecule has 1 saturated heterocycles. The monoisotopic (exact) mass is 232 g/mol. The molecule has 90 valence electrons. The van der Waals surface area contributed by atoms with E-state index in [4.69, 9.17) is 8.85 Å². The van der Waals surface area contributed by atoms with Crippen LogP contribution in [0.1, 0.15) is 19.8 Å². The zero-order chi connectivity index (χ0) is 11.1. The Balaban J connectivity index is 2.44. The van der Waals surface area contributed by atoms with Crippen LogP contribution in [0.25, 0.3) is 0 Å². The van der Waals surface area contributed by atoms with Crippen molar-refractivity contribution in [3.63, 3.8) is 0 Å². The van der Waals surface area contributed by atoms with E-state index in [0.29, 0.717) is 0 Å². The van der Waals surface area contributed by atoms with Crippen molar-refractivity contribution in [2.75, 3.05) is 40.4 Å².